The molecule has 0 saturated carbocycles. The molecule has 0 N–H and O–H groups in total. The van der Waals surface area contributed by atoms with E-state index in [1.807, 2.05) is 23.6 Å². The summed E-state index contributed by atoms with van der Waals surface area (Å²) < 4.78 is 11.2. The molecule has 0 spiro atoms. The van der Waals surface area contributed by atoms with Gasteiger partial charge in [-0.25, -0.2) is 0 Å². The zero-order chi connectivity index (χ0) is 18.4. The van der Waals surface area contributed by atoms with Crippen molar-refractivity contribution < 1.29 is 14.3 Å². The molecule has 130 valence electrons. The molecule has 1 aliphatic carbocycles. The maximum atomic E-state index is 11.0. The lowest BCUT2D eigenvalue weighted by molar-refractivity contribution is 0.112. The van der Waals surface area contributed by atoms with E-state index in [9.17, 15) is 10.1 Å². The normalized spacial score (nSPS) is 12.8. The van der Waals surface area contributed by atoms with E-state index in [1.54, 1.807) is 25.3 Å². The lowest BCUT2D eigenvalue weighted by Gasteiger charge is -2.10. The van der Waals surface area contributed by atoms with Crippen molar-refractivity contribution in [1.29, 1.82) is 5.26 Å². The number of nitriles is 1. The minimum absolute atomic E-state index is 0.218. The standard InChI is InChI=1S/C21H17NO3S/c1-24-20-9-8-15(12-23)10-17(20)13-25-21-18(11-22)19(14-26-21)16-6-4-2-3-5-7-16/h2-4,6-10,12,14H,5,13H2,1H3. The number of methoxy groups -OCH3 is 1. The third-order valence-electron chi connectivity index (χ3n) is 3.98. The molecule has 0 radical (unpaired) electrons. The fourth-order valence-corrected chi connectivity index (χ4v) is 3.55. The Morgan fingerprint density at radius 1 is 1.35 bits per heavy atom. The topological polar surface area (TPSA) is 59.3 Å². The number of ether oxygens (including phenoxy) is 2. The van der Waals surface area contributed by atoms with Crippen molar-refractivity contribution in [3.63, 3.8) is 0 Å². The van der Waals surface area contributed by atoms with Crippen LogP contribution in [0.5, 0.6) is 10.8 Å². The molecule has 1 aromatic carbocycles. The first-order chi connectivity index (χ1) is 12.8. The SMILES string of the molecule is COc1ccc(C=O)cc1COc1scc(C2=CCC=CC=C2)c1C#N. The number of benzene rings is 1. The molecule has 0 fully saturated rings. The van der Waals surface area contributed by atoms with Crippen LogP contribution in [0.1, 0.15) is 33.5 Å². The van der Waals surface area contributed by atoms with Gasteiger partial charge < -0.3 is 9.47 Å². The number of hydrogen-bond donors (Lipinski definition) is 0. The van der Waals surface area contributed by atoms with E-state index >= 15 is 0 Å². The molecule has 0 atom stereocenters. The van der Waals surface area contributed by atoms with Crippen LogP contribution in [0.3, 0.4) is 0 Å². The first-order valence-electron chi connectivity index (χ1n) is 8.07. The van der Waals surface area contributed by atoms with Crippen LogP contribution < -0.4 is 9.47 Å². The second-order valence-electron chi connectivity index (χ2n) is 5.58. The van der Waals surface area contributed by atoms with Gasteiger partial charge in [-0.1, -0.05) is 30.4 Å². The Labute approximate surface area is 156 Å². The Morgan fingerprint density at radius 2 is 2.23 bits per heavy atom. The van der Waals surface area contributed by atoms with Gasteiger partial charge in [-0.05, 0) is 30.2 Å². The Hall–Kier alpha value is -3.10. The van der Waals surface area contributed by atoms with Gasteiger partial charge in [0.15, 0.2) is 5.06 Å². The van der Waals surface area contributed by atoms with Crippen LogP contribution in [-0.2, 0) is 6.61 Å². The molecule has 2 aromatic rings. The summed E-state index contributed by atoms with van der Waals surface area (Å²) >= 11 is 1.39. The van der Waals surface area contributed by atoms with E-state index in [0.717, 1.165) is 29.4 Å². The molecule has 1 heterocycles. The Balaban J connectivity index is 1.85. The first-order valence-corrected chi connectivity index (χ1v) is 8.95. The molecule has 3 rings (SSSR count). The summed E-state index contributed by atoms with van der Waals surface area (Å²) in [6, 6.07) is 7.41. The molecule has 1 aliphatic rings. The molecule has 0 aliphatic heterocycles. The van der Waals surface area contributed by atoms with Crippen LogP contribution in [0.4, 0.5) is 0 Å². The fraction of sp³-hybridized carbons (Fsp3) is 0.143. The largest absolute Gasteiger partial charge is 0.496 e. The van der Waals surface area contributed by atoms with Crippen LogP contribution in [0.25, 0.3) is 5.57 Å². The van der Waals surface area contributed by atoms with Gasteiger partial charge in [-0.2, -0.15) is 5.26 Å². The Kier molecular flexibility index (Phi) is 5.67. The molecule has 0 bridgehead atoms. The van der Waals surface area contributed by atoms with Crippen LogP contribution in [0.2, 0.25) is 0 Å². The van der Waals surface area contributed by atoms with Crippen molar-refractivity contribution in [2.24, 2.45) is 0 Å². The van der Waals surface area contributed by atoms with E-state index in [1.165, 1.54) is 11.3 Å². The molecule has 1 aromatic heterocycles. The minimum atomic E-state index is 0.218. The summed E-state index contributed by atoms with van der Waals surface area (Å²) in [4.78, 5) is 11.0. The van der Waals surface area contributed by atoms with Crippen molar-refractivity contribution in [3.8, 4) is 16.9 Å². The van der Waals surface area contributed by atoms with Crippen LogP contribution in [0.15, 0.2) is 54.0 Å². The quantitative estimate of drug-likeness (QED) is 0.684. The van der Waals surface area contributed by atoms with Crippen LogP contribution in [-0.4, -0.2) is 13.4 Å². The van der Waals surface area contributed by atoms with Gasteiger partial charge in [0.25, 0.3) is 0 Å². The highest BCUT2D eigenvalue weighted by molar-refractivity contribution is 7.12. The smallest absolute Gasteiger partial charge is 0.192 e. The van der Waals surface area contributed by atoms with Crippen molar-refractivity contribution in [2.45, 2.75) is 13.0 Å². The molecule has 4 nitrogen and oxygen atoms in total. The third kappa shape index (κ3) is 3.76. The van der Waals surface area contributed by atoms with E-state index in [4.69, 9.17) is 9.47 Å². The third-order valence-corrected chi connectivity index (χ3v) is 4.87. The maximum absolute atomic E-state index is 11.0. The summed E-state index contributed by atoms with van der Waals surface area (Å²) in [5.74, 6) is 0.645. The summed E-state index contributed by atoms with van der Waals surface area (Å²) in [5.41, 5.74) is 3.73. The zero-order valence-corrected chi connectivity index (χ0v) is 15.1. The highest BCUT2D eigenvalue weighted by Crippen LogP contribution is 2.36. The van der Waals surface area contributed by atoms with Gasteiger partial charge in [-0.15, -0.1) is 11.3 Å². The molecular weight excluding hydrogens is 346 g/mol. The van der Waals surface area contributed by atoms with Gasteiger partial charge in [0, 0.05) is 22.1 Å². The van der Waals surface area contributed by atoms with Gasteiger partial charge in [-0.3, -0.25) is 4.79 Å². The van der Waals surface area contributed by atoms with Gasteiger partial charge in [0.05, 0.1) is 7.11 Å². The van der Waals surface area contributed by atoms with Crippen LogP contribution in [0, 0.1) is 11.3 Å². The average molecular weight is 363 g/mol. The number of thiophene rings is 1. The Bertz CT molecular complexity index is 945. The summed E-state index contributed by atoms with van der Waals surface area (Å²) in [7, 11) is 1.57. The second kappa shape index (κ2) is 8.32. The summed E-state index contributed by atoms with van der Waals surface area (Å²) in [6.07, 6.45) is 11.7. The van der Waals surface area contributed by atoms with Crippen molar-refractivity contribution in [2.75, 3.05) is 7.11 Å². The highest BCUT2D eigenvalue weighted by Gasteiger charge is 2.16. The van der Waals surface area contributed by atoms with Crippen molar-refractivity contribution in [3.05, 3.63) is 76.2 Å². The number of nitrogens with zero attached hydrogens (tertiary/aromatic N) is 1. The first kappa shape index (κ1) is 17.7. The zero-order valence-electron chi connectivity index (χ0n) is 14.3. The predicted octanol–water partition coefficient (Wildman–Crippen LogP) is 4.92. The number of carbonyl (C=O) groups is 1. The minimum Gasteiger partial charge on any atom is -0.496 e. The molecule has 0 amide bonds. The summed E-state index contributed by atoms with van der Waals surface area (Å²) in [6.45, 7) is 0.218. The monoisotopic (exact) mass is 363 g/mol. The average Bonchev–Trinajstić information content (AvgIpc) is 2.89. The highest BCUT2D eigenvalue weighted by atomic mass is 32.1. The number of aldehydes is 1. The van der Waals surface area contributed by atoms with Gasteiger partial charge in [0.2, 0.25) is 0 Å². The van der Waals surface area contributed by atoms with E-state index in [2.05, 4.69) is 18.2 Å². The predicted molar refractivity (Wildman–Crippen MR) is 103 cm³/mol. The molecule has 0 saturated heterocycles. The van der Waals surface area contributed by atoms with E-state index in [0.29, 0.717) is 21.9 Å². The van der Waals surface area contributed by atoms with Crippen molar-refractivity contribution >= 4 is 23.2 Å². The van der Waals surface area contributed by atoms with Crippen LogP contribution >= 0.6 is 11.3 Å². The number of rotatable bonds is 6. The molecule has 0 unspecified atom stereocenters. The lowest BCUT2D eigenvalue weighted by atomic mass is 10.0. The van der Waals surface area contributed by atoms with E-state index in [-0.39, 0.29) is 6.61 Å². The molecular formula is C21H17NO3S. The number of hydrogen-bond acceptors (Lipinski definition) is 5. The summed E-state index contributed by atoms with van der Waals surface area (Å²) in [5, 5.41) is 12.1. The van der Waals surface area contributed by atoms with Crippen molar-refractivity contribution in [1.82, 2.24) is 0 Å². The Morgan fingerprint density at radius 3 is 3.00 bits per heavy atom. The number of allylic oxidation sites excluding steroid dienone is 6. The lowest BCUT2D eigenvalue weighted by Crippen LogP contribution is -2.00. The molecule has 26 heavy (non-hydrogen) atoms. The number of carbonyl (C=O) groups excluding carboxylic acids is 1. The van der Waals surface area contributed by atoms with Gasteiger partial charge >= 0.3 is 0 Å². The molecule has 5 heteroatoms. The fourth-order valence-electron chi connectivity index (χ4n) is 2.67. The maximum Gasteiger partial charge on any atom is 0.192 e. The van der Waals surface area contributed by atoms with E-state index < -0.39 is 0 Å². The van der Waals surface area contributed by atoms with Gasteiger partial charge in [0.1, 0.15) is 30.3 Å². The second-order valence-corrected chi connectivity index (χ2v) is 6.43.